The summed E-state index contributed by atoms with van der Waals surface area (Å²) in [7, 11) is 0. The summed E-state index contributed by atoms with van der Waals surface area (Å²) in [5.41, 5.74) is 2.04. The molecular weight excluding hydrogens is 328 g/mol. The molecule has 0 amide bonds. The molecule has 2 aromatic heterocycles. The van der Waals surface area contributed by atoms with Gasteiger partial charge in [0.05, 0.1) is 28.7 Å². The summed E-state index contributed by atoms with van der Waals surface area (Å²) >= 11 is 3.01. The summed E-state index contributed by atoms with van der Waals surface area (Å²) in [6, 6.07) is 5.95. The van der Waals surface area contributed by atoms with Crippen molar-refractivity contribution in [1.82, 2.24) is 7.91 Å². The number of allylic oxidation sites excluding steroid dienone is 1. The summed E-state index contributed by atoms with van der Waals surface area (Å²) < 4.78 is 4.54. The molecule has 1 aromatic carbocycles. The first-order valence-corrected chi connectivity index (χ1v) is 9.18. The first kappa shape index (κ1) is 14.7. The lowest BCUT2D eigenvalue weighted by molar-refractivity contribution is 0.621. The lowest BCUT2D eigenvalue weighted by Gasteiger charge is -2.00. The van der Waals surface area contributed by atoms with Crippen LogP contribution < -0.4 is 11.1 Å². The molecule has 0 saturated carbocycles. The fraction of sp³-hybridized carbons (Fsp3) is 0.294. The first-order valence-electron chi connectivity index (χ1n) is 7.63. The van der Waals surface area contributed by atoms with E-state index in [1.165, 1.54) is 23.1 Å². The van der Waals surface area contributed by atoms with Gasteiger partial charge in [-0.1, -0.05) is 46.8 Å². The molecule has 0 saturated heterocycles. The van der Waals surface area contributed by atoms with Gasteiger partial charge in [-0.2, -0.15) is 0 Å². The van der Waals surface area contributed by atoms with E-state index in [0.717, 1.165) is 38.9 Å². The molecule has 1 aliphatic rings. The van der Waals surface area contributed by atoms with Crippen LogP contribution in [0.2, 0.25) is 0 Å². The molecular formula is C17H16N2O2S2. The van der Waals surface area contributed by atoms with Gasteiger partial charge in [-0.15, -0.1) is 0 Å². The lowest BCUT2D eigenvalue weighted by Crippen LogP contribution is -2.21. The minimum absolute atomic E-state index is 0.0444. The molecule has 0 aliphatic heterocycles. The maximum Gasteiger partial charge on any atom is 0.268 e. The molecule has 1 aliphatic carbocycles. The highest BCUT2D eigenvalue weighted by atomic mass is 32.1. The Morgan fingerprint density at radius 1 is 1.09 bits per heavy atom. The SMILES string of the molecule is Cc1ccc2sn(CCn3sc4c(c3=O)C=CCC4)c(=O)c2c1. The van der Waals surface area contributed by atoms with E-state index in [-0.39, 0.29) is 11.1 Å². The predicted molar refractivity (Wildman–Crippen MR) is 96.8 cm³/mol. The second kappa shape index (κ2) is 5.62. The Balaban J connectivity index is 1.64. The standard InChI is InChI=1S/C17H16N2O2S2/c1-11-6-7-15-13(10-11)17(21)19(23-15)9-8-18-16(20)12-4-2-3-5-14(12)22-18/h2,4,6-7,10H,3,5,8-9H2,1H3. The summed E-state index contributed by atoms with van der Waals surface area (Å²) in [5, 5.41) is 0.774. The molecule has 6 heteroatoms. The van der Waals surface area contributed by atoms with Gasteiger partial charge in [-0.25, -0.2) is 0 Å². The quantitative estimate of drug-likeness (QED) is 0.732. The largest absolute Gasteiger partial charge is 0.268 e. The van der Waals surface area contributed by atoms with Crippen LogP contribution in [0.25, 0.3) is 16.2 Å². The van der Waals surface area contributed by atoms with E-state index in [9.17, 15) is 9.59 Å². The van der Waals surface area contributed by atoms with Gasteiger partial charge in [-0.05, 0) is 31.9 Å². The molecule has 0 radical (unpaired) electrons. The van der Waals surface area contributed by atoms with Gasteiger partial charge in [0.15, 0.2) is 0 Å². The Bertz CT molecular complexity index is 1030. The second-order valence-corrected chi connectivity index (χ2v) is 7.95. The predicted octanol–water partition coefficient (Wildman–Crippen LogP) is 3.25. The highest BCUT2D eigenvalue weighted by Gasteiger charge is 2.15. The van der Waals surface area contributed by atoms with Gasteiger partial charge in [0.2, 0.25) is 0 Å². The number of nitrogens with zero attached hydrogens (tertiary/aromatic N) is 2. The molecule has 4 rings (SSSR count). The van der Waals surface area contributed by atoms with Crippen LogP contribution in [0.15, 0.2) is 33.9 Å². The second-order valence-electron chi connectivity index (χ2n) is 5.77. The summed E-state index contributed by atoms with van der Waals surface area (Å²) in [6.07, 6.45) is 5.94. The number of aryl methyl sites for hydroxylation is 4. The summed E-state index contributed by atoms with van der Waals surface area (Å²) in [6.45, 7) is 3.08. The van der Waals surface area contributed by atoms with E-state index in [4.69, 9.17) is 0 Å². The smallest absolute Gasteiger partial charge is 0.268 e. The van der Waals surface area contributed by atoms with Gasteiger partial charge in [0.1, 0.15) is 0 Å². The fourth-order valence-corrected chi connectivity index (χ4v) is 4.95. The third-order valence-corrected chi connectivity index (χ3v) is 6.44. The van der Waals surface area contributed by atoms with Crippen molar-refractivity contribution in [3.8, 4) is 0 Å². The van der Waals surface area contributed by atoms with Crippen molar-refractivity contribution in [2.75, 3.05) is 0 Å². The number of hydrogen-bond donors (Lipinski definition) is 0. The van der Waals surface area contributed by atoms with E-state index < -0.39 is 0 Å². The van der Waals surface area contributed by atoms with Crippen molar-refractivity contribution < 1.29 is 0 Å². The minimum Gasteiger partial charge on any atom is -0.268 e. The highest BCUT2D eigenvalue weighted by molar-refractivity contribution is 7.13. The van der Waals surface area contributed by atoms with Crippen molar-refractivity contribution >= 4 is 39.2 Å². The molecule has 118 valence electrons. The minimum atomic E-state index is 0.0444. The highest BCUT2D eigenvalue weighted by Crippen LogP contribution is 2.21. The number of fused-ring (bicyclic) bond motifs is 2. The third-order valence-electron chi connectivity index (χ3n) is 4.11. The Kier molecular flexibility index (Phi) is 3.58. The Morgan fingerprint density at radius 2 is 1.87 bits per heavy atom. The van der Waals surface area contributed by atoms with Crippen LogP contribution in [0.4, 0.5) is 0 Å². The van der Waals surface area contributed by atoms with Gasteiger partial charge in [0.25, 0.3) is 11.1 Å². The molecule has 0 N–H and O–H groups in total. The number of benzene rings is 1. The fourth-order valence-electron chi connectivity index (χ4n) is 2.90. The molecule has 0 fully saturated rings. The number of rotatable bonds is 3. The van der Waals surface area contributed by atoms with E-state index >= 15 is 0 Å². The number of aromatic nitrogens is 2. The van der Waals surface area contributed by atoms with Crippen LogP contribution in [0.1, 0.15) is 22.4 Å². The van der Waals surface area contributed by atoms with Crippen molar-refractivity contribution in [3.05, 3.63) is 61.0 Å². The van der Waals surface area contributed by atoms with Gasteiger partial charge in [-0.3, -0.25) is 17.5 Å². The third kappa shape index (κ3) is 2.52. The van der Waals surface area contributed by atoms with Gasteiger partial charge >= 0.3 is 0 Å². The number of hydrogen-bond acceptors (Lipinski definition) is 4. The molecule has 0 spiro atoms. The molecule has 23 heavy (non-hydrogen) atoms. The zero-order chi connectivity index (χ0) is 16.0. The molecule has 0 atom stereocenters. The molecule has 0 bridgehead atoms. The first-order chi connectivity index (χ1) is 11.1. The molecule has 2 heterocycles. The van der Waals surface area contributed by atoms with Crippen molar-refractivity contribution in [2.45, 2.75) is 32.9 Å². The van der Waals surface area contributed by atoms with Crippen LogP contribution >= 0.6 is 23.1 Å². The molecule has 4 nitrogen and oxygen atoms in total. The zero-order valence-corrected chi connectivity index (χ0v) is 14.4. The van der Waals surface area contributed by atoms with Crippen LogP contribution in [0.3, 0.4) is 0 Å². The van der Waals surface area contributed by atoms with E-state index in [1.807, 2.05) is 31.2 Å². The van der Waals surface area contributed by atoms with E-state index in [0.29, 0.717) is 13.1 Å². The summed E-state index contributed by atoms with van der Waals surface area (Å²) in [4.78, 5) is 26.0. The van der Waals surface area contributed by atoms with Crippen molar-refractivity contribution in [2.24, 2.45) is 0 Å². The monoisotopic (exact) mass is 344 g/mol. The van der Waals surface area contributed by atoms with Crippen LogP contribution in [0.5, 0.6) is 0 Å². The molecule has 3 aromatic rings. The lowest BCUT2D eigenvalue weighted by atomic mass is 10.1. The topological polar surface area (TPSA) is 44.0 Å². The average molecular weight is 344 g/mol. The normalized spacial score (nSPS) is 13.6. The summed E-state index contributed by atoms with van der Waals surface area (Å²) in [5.74, 6) is 0. The molecule has 0 unspecified atom stereocenters. The Morgan fingerprint density at radius 3 is 2.65 bits per heavy atom. The Labute approximate surface area is 141 Å². The average Bonchev–Trinajstić information content (AvgIpc) is 3.04. The van der Waals surface area contributed by atoms with E-state index in [1.54, 1.807) is 7.91 Å². The van der Waals surface area contributed by atoms with Gasteiger partial charge in [0, 0.05) is 4.88 Å². The van der Waals surface area contributed by atoms with Crippen molar-refractivity contribution in [1.29, 1.82) is 0 Å². The maximum atomic E-state index is 12.5. The van der Waals surface area contributed by atoms with Crippen LogP contribution in [-0.2, 0) is 19.5 Å². The van der Waals surface area contributed by atoms with E-state index in [2.05, 4.69) is 6.08 Å². The van der Waals surface area contributed by atoms with Crippen LogP contribution in [-0.4, -0.2) is 7.91 Å². The zero-order valence-electron chi connectivity index (χ0n) is 12.7. The maximum absolute atomic E-state index is 12.5. The van der Waals surface area contributed by atoms with Crippen molar-refractivity contribution in [3.63, 3.8) is 0 Å². The van der Waals surface area contributed by atoms with Gasteiger partial charge < -0.3 is 0 Å². The van der Waals surface area contributed by atoms with Crippen LogP contribution in [0, 0.1) is 6.92 Å². The Hall–Kier alpha value is -1.92.